The van der Waals surface area contributed by atoms with Gasteiger partial charge in [-0.25, -0.2) is 4.79 Å². The molecule has 1 aromatic carbocycles. The molecule has 0 aliphatic heterocycles. The predicted octanol–water partition coefficient (Wildman–Crippen LogP) is 1.76. The summed E-state index contributed by atoms with van der Waals surface area (Å²) < 4.78 is 10.2. The molecule has 2 N–H and O–H groups in total. The standard InChI is InChI=1S/C13H17NO5/c1-4-19-8(2)12(15)14-10-6-5-9(13(16)17)7-11(10)18-3/h5-8H,4H2,1-3H3,(H,14,15)(H,16,17). The number of rotatable bonds is 6. The van der Waals surface area contributed by atoms with Gasteiger partial charge in [0.2, 0.25) is 0 Å². The van der Waals surface area contributed by atoms with Gasteiger partial charge in [0.15, 0.2) is 0 Å². The van der Waals surface area contributed by atoms with Crippen LogP contribution in [-0.4, -0.2) is 36.8 Å². The second-order valence-electron chi connectivity index (χ2n) is 3.81. The summed E-state index contributed by atoms with van der Waals surface area (Å²) >= 11 is 0. The summed E-state index contributed by atoms with van der Waals surface area (Å²) in [6, 6.07) is 4.23. The maximum absolute atomic E-state index is 11.8. The van der Waals surface area contributed by atoms with Gasteiger partial charge in [-0.15, -0.1) is 0 Å². The third kappa shape index (κ3) is 3.96. The van der Waals surface area contributed by atoms with Crippen LogP contribution in [0.25, 0.3) is 0 Å². The van der Waals surface area contributed by atoms with Crippen molar-refractivity contribution >= 4 is 17.6 Å². The van der Waals surface area contributed by atoms with E-state index in [0.29, 0.717) is 12.3 Å². The van der Waals surface area contributed by atoms with Crippen LogP contribution < -0.4 is 10.1 Å². The zero-order valence-electron chi connectivity index (χ0n) is 11.1. The van der Waals surface area contributed by atoms with Crippen LogP contribution in [0.15, 0.2) is 18.2 Å². The van der Waals surface area contributed by atoms with Gasteiger partial charge in [0.25, 0.3) is 5.91 Å². The van der Waals surface area contributed by atoms with Gasteiger partial charge in [-0.1, -0.05) is 0 Å². The summed E-state index contributed by atoms with van der Waals surface area (Å²) in [6.07, 6.45) is -0.589. The average Bonchev–Trinajstić information content (AvgIpc) is 2.39. The highest BCUT2D eigenvalue weighted by Gasteiger charge is 2.16. The fourth-order valence-electron chi connectivity index (χ4n) is 1.49. The predicted molar refractivity (Wildman–Crippen MR) is 69.7 cm³/mol. The van der Waals surface area contributed by atoms with Crippen molar-refractivity contribution in [2.45, 2.75) is 20.0 Å². The van der Waals surface area contributed by atoms with Gasteiger partial charge < -0.3 is 19.9 Å². The number of aromatic carboxylic acids is 1. The Labute approximate surface area is 111 Å². The van der Waals surface area contributed by atoms with Crippen molar-refractivity contribution in [3.05, 3.63) is 23.8 Å². The fraction of sp³-hybridized carbons (Fsp3) is 0.385. The highest BCUT2D eigenvalue weighted by atomic mass is 16.5. The minimum atomic E-state index is -1.06. The minimum Gasteiger partial charge on any atom is -0.495 e. The maximum Gasteiger partial charge on any atom is 0.335 e. The lowest BCUT2D eigenvalue weighted by Gasteiger charge is -2.14. The van der Waals surface area contributed by atoms with E-state index in [2.05, 4.69) is 5.32 Å². The summed E-state index contributed by atoms with van der Waals surface area (Å²) in [5.41, 5.74) is 0.497. The molecule has 6 nitrogen and oxygen atoms in total. The molecule has 0 saturated carbocycles. The Morgan fingerprint density at radius 2 is 2.11 bits per heavy atom. The largest absolute Gasteiger partial charge is 0.495 e. The Kier molecular flexibility index (Phi) is 5.32. The van der Waals surface area contributed by atoms with Gasteiger partial charge >= 0.3 is 5.97 Å². The molecule has 104 valence electrons. The SMILES string of the molecule is CCOC(C)C(=O)Nc1ccc(C(=O)O)cc1OC. The van der Waals surface area contributed by atoms with Crippen molar-refractivity contribution in [1.82, 2.24) is 0 Å². The highest BCUT2D eigenvalue weighted by Crippen LogP contribution is 2.25. The van der Waals surface area contributed by atoms with Crippen molar-refractivity contribution in [1.29, 1.82) is 0 Å². The van der Waals surface area contributed by atoms with Crippen LogP contribution in [0.5, 0.6) is 5.75 Å². The molecule has 0 aliphatic rings. The normalized spacial score (nSPS) is 11.7. The Bertz CT molecular complexity index is 472. The molecule has 0 aromatic heterocycles. The van der Waals surface area contributed by atoms with E-state index in [4.69, 9.17) is 14.6 Å². The van der Waals surface area contributed by atoms with Gasteiger partial charge in [0.05, 0.1) is 18.4 Å². The molecule has 1 amide bonds. The maximum atomic E-state index is 11.8. The van der Waals surface area contributed by atoms with E-state index in [1.54, 1.807) is 13.8 Å². The quantitative estimate of drug-likeness (QED) is 0.820. The van der Waals surface area contributed by atoms with E-state index >= 15 is 0 Å². The van der Waals surface area contributed by atoms with E-state index < -0.39 is 12.1 Å². The summed E-state index contributed by atoms with van der Waals surface area (Å²) in [7, 11) is 1.41. The van der Waals surface area contributed by atoms with Gasteiger partial charge in [-0.2, -0.15) is 0 Å². The van der Waals surface area contributed by atoms with Crippen LogP contribution in [0, 0.1) is 0 Å². The fourth-order valence-corrected chi connectivity index (χ4v) is 1.49. The molecule has 0 bridgehead atoms. The molecule has 1 rings (SSSR count). The monoisotopic (exact) mass is 267 g/mol. The molecule has 1 unspecified atom stereocenters. The first kappa shape index (κ1) is 15.0. The summed E-state index contributed by atoms with van der Waals surface area (Å²) in [6.45, 7) is 3.87. The molecule has 1 aromatic rings. The Morgan fingerprint density at radius 1 is 1.42 bits per heavy atom. The van der Waals surface area contributed by atoms with Gasteiger partial charge in [-0.3, -0.25) is 4.79 Å². The lowest BCUT2D eigenvalue weighted by molar-refractivity contribution is -0.126. The van der Waals surface area contributed by atoms with Crippen LogP contribution in [0.3, 0.4) is 0 Å². The smallest absolute Gasteiger partial charge is 0.335 e. The lowest BCUT2D eigenvalue weighted by atomic mass is 10.2. The van der Waals surface area contributed by atoms with E-state index in [1.165, 1.54) is 25.3 Å². The van der Waals surface area contributed by atoms with Gasteiger partial charge in [-0.05, 0) is 32.0 Å². The Balaban J connectivity index is 2.89. The number of carbonyl (C=O) groups is 2. The molecule has 19 heavy (non-hydrogen) atoms. The van der Waals surface area contributed by atoms with Crippen LogP contribution in [0.2, 0.25) is 0 Å². The molecule has 0 spiro atoms. The molecule has 0 heterocycles. The molecule has 0 radical (unpaired) electrons. The van der Waals surface area contributed by atoms with Crippen LogP contribution in [0.4, 0.5) is 5.69 Å². The molecule has 1 atom stereocenters. The highest BCUT2D eigenvalue weighted by molar-refractivity contribution is 5.96. The van der Waals surface area contributed by atoms with Gasteiger partial charge in [0, 0.05) is 6.61 Å². The first-order valence-electron chi connectivity index (χ1n) is 5.83. The second kappa shape index (κ2) is 6.75. The van der Waals surface area contributed by atoms with E-state index in [0.717, 1.165) is 0 Å². The number of ether oxygens (including phenoxy) is 2. The van der Waals surface area contributed by atoms with Crippen LogP contribution in [-0.2, 0) is 9.53 Å². The number of carboxylic acids is 1. The van der Waals surface area contributed by atoms with E-state index in [1.807, 2.05) is 0 Å². The molecule has 0 saturated heterocycles. The molecular formula is C13H17NO5. The summed E-state index contributed by atoms with van der Waals surface area (Å²) in [5, 5.41) is 11.5. The average molecular weight is 267 g/mol. The number of amides is 1. The first-order chi connectivity index (χ1) is 8.99. The zero-order chi connectivity index (χ0) is 14.4. The Morgan fingerprint density at radius 3 is 2.63 bits per heavy atom. The summed E-state index contributed by atoms with van der Waals surface area (Å²) in [5.74, 6) is -1.08. The van der Waals surface area contributed by atoms with E-state index in [9.17, 15) is 9.59 Å². The van der Waals surface area contributed by atoms with Crippen molar-refractivity contribution in [3.63, 3.8) is 0 Å². The second-order valence-corrected chi connectivity index (χ2v) is 3.81. The number of nitrogens with one attached hydrogen (secondary N) is 1. The molecule has 0 fully saturated rings. The number of hydrogen-bond acceptors (Lipinski definition) is 4. The third-order valence-corrected chi connectivity index (χ3v) is 2.49. The van der Waals surface area contributed by atoms with Crippen molar-refractivity contribution in [3.8, 4) is 5.75 Å². The molecule has 6 heteroatoms. The number of carboxylic acid groups (broad SMARTS) is 1. The number of hydrogen-bond donors (Lipinski definition) is 2. The third-order valence-electron chi connectivity index (χ3n) is 2.49. The molecule has 0 aliphatic carbocycles. The van der Waals surface area contributed by atoms with Crippen molar-refractivity contribution < 1.29 is 24.2 Å². The minimum absolute atomic E-state index is 0.0905. The number of benzene rings is 1. The van der Waals surface area contributed by atoms with Gasteiger partial charge in [0.1, 0.15) is 11.9 Å². The van der Waals surface area contributed by atoms with Crippen molar-refractivity contribution in [2.24, 2.45) is 0 Å². The lowest BCUT2D eigenvalue weighted by Crippen LogP contribution is -2.27. The zero-order valence-corrected chi connectivity index (χ0v) is 11.1. The van der Waals surface area contributed by atoms with Crippen LogP contribution in [0.1, 0.15) is 24.2 Å². The van der Waals surface area contributed by atoms with E-state index in [-0.39, 0.29) is 17.2 Å². The molecular weight excluding hydrogens is 250 g/mol. The number of methoxy groups -OCH3 is 1. The number of carbonyl (C=O) groups excluding carboxylic acids is 1. The van der Waals surface area contributed by atoms with Crippen LogP contribution >= 0.6 is 0 Å². The van der Waals surface area contributed by atoms with Crippen molar-refractivity contribution in [2.75, 3.05) is 19.0 Å². The number of anilines is 1. The topological polar surface area (TPSA) is 84.9 Å². The summed E-state index contributed by atoms with van der Waals surface area (Å²) in [4.78, 5) is 22.6. The first-order valence-corrected chi connectivity index (χ1v) is 5.83. The Hall–Kier alpha value is -2.08.